The summed E-state index contributed by atoms with van der Waals surface area (Å²) in [6.45, 7) is 2.11. The number of carbonyl (C=O) groups is 2. The Morgan fingerprint density at radius 2 is 2.15 bits per heavy atom. The molecule has 0 spiro atoms. The quantitative estimate of drug-likeness (QED) is 0.907. The molecule has 2 amide bonds. The minimum absolute atomic E-state index is 0.0317. The van der Waals surface area contributed by atoms with Crippen molar-refractivity contribution in [3.8, 4) is 0 Å². The topological polar surface area (TPSA) is 49.4 Å². The number of rotatable bonds is 5. The predicted molar refractivity (Wildman–Crippen MR) is 75.2 cm³/mol. The van der Waals surface area contributed by atoms with E-state index in [1.807, 2.05) is 0 Å². The number of anilines is 1. The molecular weight excluding hydrogens is 283 g/mol. The van der Waals surface area contributed by atoms with Crippen LogP contribution in [0.2, 0.25) is 5.02 Å². The minimum atomic E-state index is -0.527. The molecule has 1 aliphatic carbocycles. The predicted octanol–water partition coefficient (Wildman–Crippen LogP) is 2.36. The number of nitrogens with zero attached hydrogens (tertiary/aromatic N) is 1. The van der Waals surface area contributed by atoms with Gasteiger partial charge in [-0.1, -0.05) is 11.6 Å². The molecular formula is C14H16ClFN2O2. The summed E-state index contributed by atoms with van der Waals surface area (Å²) in [5.74, 6) is -0.541. The molecule has 0 unspecified atom stereocenters. The zero-order valence-corrected chi connectivity index (χ0v) is 11.9. The number of hydrogen-bond donors (Lipinski definition) is 1. The van der Waals surface area contributed by atoms with Gasteiger partial charge in [0.25, 0.3) is 0 Å². The van der Waals surface area contributed by atoms with E-state index in [-0.39, 0.29) is 22.8 Å². The van der Waals surface area contributed by atoms with Crippen molar-refractivity contribution in [1.29, 1.82) is 0 Å². The van der Waals surface area contributed by atoms with Gasteiger partial charge in [-0.15, -0.1) is 0 Å². The summed E-state index contributed by atoms with van der Waals surface area (Å²) in [5, 5.41) is 2.75. The summed E-state index contributed by atoms with van der Waals surface area (Å²) < 4.78 is 13.1. The van der Waals surface area contributed by atoms with Crippen molar-refractivity contribution in [2.75, 3.05) is 18.0 Å². The summed E-state index contributed by atoms with van der Waals surface area (Å²) in [6.07, 6.45) is 1.88. The number of hydrogen-bond acceptors (Lipinski definition) is 2. The third-order valence-electron chi connectivity index (χ3n) is 3.18. The second-order valence-corrected chi connectivity index (χ2v) is 5.24. The Bertz CT molecular complexity index is 532. The van der Waals surface area contributed by atoms with Gasteiger partial charge in [0, 0.05) is 31.6 Å². The van der Waals surface area contributed by atoms with Gasteiger partial charge in [0.2, 0.25) is 11.8 Å². The molecule has 0 aromatic heterocycles. The second kappa shape index (κ2) is 6.22. The van der Waals surface area contributed by atoms with Gasteiger partial charge in [0.1, 0.15) is 5.82 Å². The van der Waals surface area contributed by atoms with E-state index in [9.17, 15) is 14.0 Å². The zero-order valence-electron chi connectivity index (χ0n) is 11.2. The van der Waals surface area contributed by atoms with Gasteiger partial charge in [-0.25, -0.2) is 4.39 Å². The first-order valence-corrected chi connectivity index (χ1v) is 6.87. The molecule has 0 saturated heterocycles. The van der Waals surface area contributed by atoms with E-state index >= 15 is 0 Å². The number of benzene rings is 1. The first kappa shape index (κ1) is 14.8. The first-order valence-electron chi connectivity index (χ1n) is 6.50. The second-order valence-electron chi connectivity index (χ2n) is 4.83. The molecule has 0 bridgehead atoms. The minimum Gasteiger partial charge on any atom is -0.354 e. The molecule has 4 nitrogen and oxygen atoms in total. The van der Waals surface area contributed by atoms with Gasteiger partial charge < -0.3 is 10.2 Å². The molecule has 0 heterocycles. The van der Waals surface area contributed by atoms with Crippen LogP contribution in [-0.2, 0) is 9.59 Å². The summed E-state index contributed by atoms with van der Waals surface area (Å²) in [4.78, 5) is 24.6. The van der Waals surface area contributed by atoms with Crippen LogP contribution in [0.4, 0.5) is 10.1 Å². The maximum absolute atomic E-state index is 13.1. The summed E-state index contributed by atoms with van der Waals surface area (Å²) >= 11 is 5.71. The molecule has 1 fully saturated rings. The highest BCUT2D eigenvalue weighted by atomic mass is 35.5. The van der Waals surface area contributed by atoms with E-state index in [4.69, 9.17) is 11.6 Å². The molecule has 1 aromatic carbocycles. The maximum Gasteiger partial charge on any atom is 0.223 e. The van der Waals surface area contributed by atoms with Crippen LogP contribution in [0.1, 0.15) is 19.8 Å². The number of nitrogens with one attached hydrogen (secondary N) is 1. The van der Waals surface area contributed by atoms with Gasteiger partial charge in [-0.05, 0) is 31.0 Å². The number of carbonyl (C=O) groups excluding carboxylic acids is 2. The molecule has 1 aromatic rings. The van der Waals surface area contributed by atoms with Crippen LogP contribution < -0.4 is 10.2 Å². The number of halogens is 2. The van der Waals surface area contributed by atoms with E-state index in [0.717, 1.165) is 12.8 Å². The molecule has 2 rings (SSSR count). The monoisotopic (exact) mass is 298 g/mol. The summed E-state index contributed by atoms with van der Waals surface area (Å²) in [5.41, 5.74) is 0.518. The molecule has 1 N–H and O–H groups in total. The highest BCUT2D eigenvalue weighted by Gasteiger charge is 2.29. The molecule has 0 radical (unpaired) electrons. The molecule has 108 valence electrons. The van der Waals surface area contributed by atoms with Gasteiger partial charge in [-0.3, -0.25) is 9.59 Å². The van der Waals surface area contributed by atoms with E-state index in [2.05, 4.69) is 5.32 Å². The molecule has 1 saturated carbocycles. The summed E-state index contributed by atoms with van der Waals surface area (Å²) in [7, 11) is 0. The van der Waals surface area contributed by atoms with Crippen molar-refractivity contribution in [3.05, 3.63) is 29.0 Å². The highest BCUT2D eigenvalue weighted by molar-refractivity contribution is 6.31. The van der Waals surface area contributed by atoms with Crippen molar-refractivity contribution >= 4 is 29.1 Å². The lowest BCUT2D eigenvalue weighted by Crippen LogP contribution is -2.38. The number of amides is 2. The van der Waals surface area contributed by atoms with Crippen molar-refractivity contribution in [3.63, 3.8) is 0 Å². The third kappa shape index (κ3) is 3.70. The Hall–Kier alpha value is -1.62. The fourth-order valence-corrected chi connectivity index (χ4v) is 2.08. The van der Waals surface area contributed by atoms with Crippen molar-refractivity contribution in [2.45, 2.75) is 19.8 Å². The molecule has 0 atom stereocenters. The van der Waals surface area contributed by atoms with E-state index in [0.29, 0.717) is 18.8 Å². The highest BCUT2D eigenvalue weighted by Crippen LogP contribution is 2.28. The Labute approximate surface area is 121 Å². The average Bonchev–Trinajstić information content (AvgIpc) is 3.22. The van der Waals surface area contributed by atoms with Crippen LogP contribution in [0.3, 0.4) is 0 Å². The van der Waals surface area contributed by atoms with Gasteiger partial charge in [0.15, 0.2) is 0 Å². The first-order chi connectivity index (χ1) is 9.49. The molecule has 6 heteroatoms. The van der Waals surface area contributed by atoms with Crippen LogP contribution in [0.5, 0.6) is 0 Å². The van der Waals surface area contributed by atoms with Gasteiger partial charge in [0.05, 0.1) is 5.02 Å². The maximum atomic E-state index is 13.1. The van der Waals surface area contributed by atoms with E-state index in [1.54, 1.807) is 0 Å². The Morgan fingerprint density at radius 1 is 1.45 bits per heavy atom. The third-order valence-corrected chi connectivity index (χ3v) is 3.47. The fraction of sp³-hybridized carbons (Fsp3) is 0.429. The van der Waals surface area contributed by atoms with Gasteiger partial charge in [-0.2, -0.15) is 0 Å². The van der Waals surface area contributed by atoms with E-state index < -0.39 is 5.82 Å². The standard InChI is InChI=1S/C14H16ClFN2O2/c1-9(19)18(7-6-17-14(20)10-2-3-10)11-4-5-13(16)12(15)8-11/h4-5,8,10H,2-3,6-7H2,1H3,(H,17,20). The lowest BCUT2D eigenvalue weighted by atomic mass is 10.2. The normalized spacial score (nSPS) is 13.9. The Morgan fingerprint density at radius 3 is 2.70 bits per heavy atom. The zero-order chi connectivity index (χ0) is 14.7. The smallest absolute Gasteiger partial charge is 0.223 e. The van der Waals surface area contributed by atoms with Crippen LogP contribution in [0.15, 0.2) is 18.2 Å². The molecule has 20 heavy (non-hydrogen) atoms. The van der Waals surface area contributed by atoms with Crippen molar-refractivity contribution in [1.82, 2.24) is 5.32 Å². The van der Waals surface area contributed by atoms with Crippen LogP contribution in [0.25, 0.3) is 0 Å². The SMILES string of the molecule is CC(=O)N(CCNC(=O)C1CC1)c1ccc(F)c(Cl)c1. The average molecular weight is 299 g/mol. The van der Waals surface area contributed by atoms with Crippen molar-refractivity contribution < 1.29 is 14.0 Å². The van der Waals surface area contributed by atoms with Crippen LogP contribution in [-0.4, -0.2) is 24.9 Å². The van der Waals surface area contributed by atoms with E-state index in [1.165, 1.54) is 30.0 Å². The molecule has 1 aliphatic rings. The Kier molecular flexibility index (Phi) is 4.60. The van der Waals surface area contributed by atoms with Crippen molar-refractivity contribution in [2.24, 2.45) is 5.92 Å². The lowest BCUT2D eigenvalue weighted by Gasteiger charge is -2.21. The van der Waals surface area contributed by atoms with Crippen LogP contribution in [0, 0.1) is 11.7 Å². The summed E-state index contributed by atoms with van der Waals surface area (Å²) in [6, 6.07) is 4.11. The van der Waals surface area contributed by atoms with Crippen LogP contribution >= 0.6 is 11.6 Å². The molecule has 0 aliphatic heterocycles. The fourth-order valence-electron chi connectivity index (χ4n) is 1.90. The van der Waals surface area contributed by atoms with Gasteiger partial charge >= 0.3 is 0 Å². The lowest BCUT2D eigenvalue weighted by molar-refractivity contribution is -0.122. The Balaban J connectivity index is 1.97. The largest absolute Gasteiger partial charge is 0.354 e.